The maximum atomic E-state index is 13.1. The molecule has 2 aliphatic rings. The number of esters is 2. The molecule has 1 aliphatic heterocycles. The molecule has 0 bridgehead atoms. The Bertz CT molecular complexity index is 1370. The summed E-state index contributed by atoms with van der Waals surface area (Å²) in [7, 11) is 0. The summed E-state index contributed by atoms with van der Waals surface area (Å²) in [6.45, 7) is 10.5. The number of aliphatic imine (C=N–C) groups is 1. The summed E-state index contributed by atoms with van der Waals surface area (Å²) in [5.74, 6) is -1.60. The highest BCUT2D eigenvalue weighted by Gasteiger charge is 2.59. The minimum Gasteiger partial charge on any atom is -0.463 e. The molecule has 1 aliphatic carbocycles. The number of aliphatic hydroxyl groups is 1. The molecule has 0 aromatic carbocycles. The lowest BCUT2D eigenvalue weighted by Crippen LogP contribution is -2.49. The Morgan fingerprint density at radius 1 is 1.22 bits per heavy atom. The molecule has 2 fully saturated rings. The van der Waals surface area contributed by atoms with Gasteiger partial charge in [0.1, 0.15) is 42.9 Å². The number of aliphatic hydroxyl groups excluding tert-OH is 1. The molecule has 1 aromatic rings. The predicted octanol–water partition coefficient (Wildman–Crippen LogP) is 3.75. The zero-order chi connectivity index (χ0) is 36.4. The third-order valence-corrected chi connectivity index (χ3v) is 9.15. The summed E-state index contributed by atoms with van der Waals surface area (Å²) in [6.07, 6.45) is 4.57. The van der Waals surface area contributed by atoms with E-state index < -0.39 is 58.8 Å². The molecule has 5 atom stereocenters. The number of nitriles is 1. The number of amidine groups is 1. The van der Waals surface area contributed by atoms with E-state index in [4.69, 9.17) is 30.1 Å². The molecule has 1 aromatic heterocycles. The normalized spacial score (nSPS) is 24.4. The molecule has 1 saturated carbocycles. The zero-order valence-electron chi connectivity index (χ0n) is 29.7. The number of H-pyrrole nitrogens is 1. The van der Waals surface area contributed by atoms with Gasteiger partial charge in [0.15, 0.2) is 11.9 Å². The van der Waals surface area contributed by atoms with Crippen molar-refractivity contribution in [2.45, 2.75) is 135 Å². The average molecular weight is 687 g/mol. The van der Waals surface area contributed by atoms with Crippen LogP contribution in [0, 0.1) is 28.1 Å². The van der Waals surface area contributed by atoms with E-state index in [0.717, 1.165) is 57.7 Å². The van der Waals surface area contributed by atoms with Crippen LogP contribution >= 0.6 is 0 Å². The summed E-state index contributed by atoms with van der Waals surface area (Å²) >= 11 is 0. The number of nitrogens with two attached hydrogens (primary N) is 1. The highest BCUT2D eigenvalue weighted by atomic mass is 16.6. The Morgan fingerprint density at radius 3 is 2.49 bits per heavy atom. The Hall–Kier alpha value is -3.64. The third kappa shape index (κ3) is 10.2. The maximum Gasteiger partial charge on any atom is 0.323 e. The van der Waals surface area contributed by atoms with Crippen LogP contribution in [-0.4, -0.2) is 83.3 Å². The third-order valence-electron chi connectivity index (χ3n) is 9.15. The summed E-state index contributed by atoms with van der Waals surface area (Å²) in [5, 5.41) is 32.3. The van der Waals surface area contributed by atoms with E-state index in [1.807, 2.05) is 13.0 Å². The van der Waals surface area contributed by atoms with Crippen LogP contribution in [0.5, 0.6) is 0 Å². The Morgan fingerprint density at radius 2 is 1.90 bits per heavy atom. The van der Waals surface area contributed by atoms with Crippen LogP contribution in [0.1, 0.15) is 111 Å². The Kier molecular flexibility index (Phi) is 14.1. The first-order valence-corrected chi connectivity index (χ1v) is 17.2. The molecule has 0 unspecified atom stereocenters. The second-order valence-corrected chi connectivity index (χ2v) is 14.5. The molecule has 3 rings (SSSR count). The number of hydrogen-bond donors (Lipinski definition) is 5. The van der Waals surface area contributed by atoms with Crippen LogP contribution in [-0.2, 0) is 38.9 Å². The van der Waals surface area contributed by atoms with E-state index in [0.29, 0.717) is 6.61 Å². The SMILES string of the molecule is CCCCOC(C)(C)C(=O)N/C(=N/C=N)c1ccc([C@]2(C#N)O[C@H](COC(=O)CC3CCCCCC3)[C@@H](OC(=O)[C@H](N)C(C)(C)C)[C@H]2O)[nH]1. The molecule has 14 nitrogen and oxygen atoms in total. The molecule has 2 heterocycles. The van der Waals surface area contributed by atoms with Gasteiger partial charge in [0.05, 0.1) is 11.4 Å². The van der Waals surface area contributed by atoms with E-state index in [1.165, 1.54) is 12.1 Å². The van der Waals surface area contributed by atoms with Crippen molar-refractivity contribution in [1.29, 1.82) is 10.7 Å². The molecular formula is C35H54N6O8. The van der Waals surface area contributed by atoms with Crippen molar-refractivity contribution >= 4 is 30.0 Å². The van der Waals surface area contributed by atoms with E-state index in [1.54, 1.807) is 34.6 Å². The molecule has 49 heavy (non-hydrogen) atoms. The number of rotatable bonds is 14. The van der Waals surface area contributed by atoms with Crippen molar-refractivity contribution in [2.75, 3.05) is 13.2 Å². The minimum absolute atomic E-state index is 0.0397. The number of carbonyl (C=O) groups excluding carboxylic acids is 3. The number of aromatic amines is 1. The summed E-state index contributed by atoms with van der Waals surface area (Å²) < 4.78 is 23.2. The number of nitrogens with zero attached hydrogens (tertiary/aromatic N) is 2. The largest absolute Gasteiger partial charge is 0.463 e. The van der Waals surface area contributed by atoms with Crippen molar-refractivity contribution in [3.05, 3.63) is 23.5 Å². The topological polar surface area (TPSA) is 222 Å². The molecule has 14 heteroatoms. The summed E-state index contributed by atoms with van der Waals surface area (Å²) in [4.78, 5) is 46.1. The molecule has 0 spiro atoms. The summed E-state index contributed by atoms with van der Waals surface area (Å²) in [5.41, 5.74) is 2.41. The number of carbonyl (C=O) groups is 3. The minimum atomic E-state index is -2.12. The van der Waals surface area contributed by atoms with Gasteiger partial charge in [0.2, 0.25) is 5.60 Å². The van der Waals surface area contributed by atoms with Crippen LogP contribution in [0.15, 0.2) is 17.1 Å². The second-order valence-electron chi connectivity index (χ2n) is 14.5. The monoisotopic (exact) mass is 686 g/mol. The van der Waals surface area contributed by atoms with Gasteiger partial charge in [-0.2, -0.15) is 5.26 Å². The molecule has 1 amide bonds. The average Bonchev–Trinajstić information content (AvgIpc) is 3.54. The fourth-order valence-electron chi connectivity index (χ4n) is 5.83. The van der Waals surface area contributed by atoms with Crippen LogP contribution in [0.2, 0.25) is 0 Å². The van der Waals surface area contributed by atoms with E-state index in [9.17, 15) is 24.8 Å². The van der Waals surface area contributed by atoms with Crippen LogP contribution in [0.4, 0.5) is 0 Å². The first-order valence-electron chi connectivity index (χ1n) is 17.2. The Balaban J connectivity index is 1.88. The fraction of sp³-hybridized carbons (Fsp3) is 0.714. The second kappa shape index (κ2) is 17.3. The highest BCUT2D eigenvalue weighted by Crippen LogP contribution is 2.41. The van der Waals surface area contributed by atoms with Gasteiger partial charge in [-0.05, 0) is 56.6 Å². The molecule has 0 radical (unpaired) electrons. The number of aromatic nitrogens is 1. The fourth-order valence-corrected chi connectivity index (χ4v) is 5.83. The van der Waals surface area contributed by atoms with Gasteiger partial charge in [0.25, 0.3) is 5.91 Å². The van der Waals surface area contributed by atoms with E-state index in [2.05, 4.69) is 15.3 Å². The number of unbranched alkanes of at least 4 members (excludes halogenated alkanes) is 1. The van der Waals surface area contributed by atoms with Crippen LogP contribution in [0.3, 0.4) is 0 Å². The van der Waals surface area contributed by atoms with Crippen LogP contribution in [0.25, 0.3) is 0 Å². The smallest absolute Gasteiger partial charge is 0.323 e. The van der Waals surface area contributed by atoms with Crippen molar-refractivity contribution in [2.24, 2.45) is 22.1 Å². The van der Waals surface area contributed by atoms with E-state index in [-0.39, 0.29) is 36.2 Å². The van der Waals surface area contributed by atoms with Crippen molar-refractivity contribution in [1.82, 2.24) is 10.3 Å². The number of amides is 1. The predicted molar refractivity (Wildman–Crippen MR) is 181 cm³/mol. The first-order chi connectivity index (χ1) is 23.1. The molecule has 272 valence electrons. The van der Waals surface area contributed by atoms with Gasteiger partial charge in [-0.25, -0.2) is 4.99 Å². The lowest BCUT2D eigenvalue weighted by Gasteiger charge is -2.28. The van der Waals surface area contributed by atoms with Gasteiger partial charge < -0.3 is 40.1 Å². The lowest BCUT2D eigenvalue weighted by molar-refractivity contribution is -0.163. The zero-order valence-corrected chi connectivity index (χ0v) is 29.7. The Labute approximate surface area is 289 Å². The quantitative estimate of drug-likeness (QED) is 0.0627. The number of ether oxygens (including phenoxy) is 4. The first kappa shape index (κ1) is 39.8. The number of nitrogens with one attached hydrogen (secondary N) is 3. The lowest BCUT2D eigenvalue weighted by atomic mass is 9.87. The molecule has 6 N–H and O–H groups in total. The number of hydrogen-bond acceptors (Lipinski definition) is 11. The molecular weight excluding hydrogens is 632 g/mol. The van der Waals surface area contributed by atoms with Crippen molar-refractivity contribution in [3.8, 4) is 6.07 Å². The van der Waals surface area contributed by atoms with Gasteiger partial charge in [-0.15, -0.1) is 0 Å². The van der Waals surface area contributed by atoms with Gasteiger partial charge in [-0.3, -0.25) is 19.8 Å². The van der Waals surface area contributed by atoms with E-state index >= 15 is 0 Å². The van der Waals surface area contributed by atoms with Crippen molar-refractivity contribution in [3.63, 3.8) is 0 Å². The van der Waals surface area contributed by atoms with Crippen molar-refractivity contribution < 1.29 is 38.4 Å². The highest BCUT2D eigenvalue weighted by molar-refractivity contribution is 6.10. The molecule has 1 saturated heterocycles. The standard InChI is InChI=1S/C35H54N6O8/c1-7-8-17-47-34(5,6)32(45)41-30(39-21-37)23-15-16-25(40-23)35(20-36)29(43)27(48-31(44)28(38)33(2,3)4)24(49-35)19-46-26(42)18-22-13-11-9-10-12-14-22/h15-16,21-22,24,27-29,40,43H,7-14,17-19,38H2,1-6H3,(H2,37,39,41,45)/t24-,27-,28+,29-,35+/m1/s1. The van der Waals surface area contributed by atoms with Gasteiger partial charge >= 0.3 is 11.9 Å². The summed E-state index contributed by atoms with van der Waals surface area (Å²) in [6, 6.07) is 3.90. The van der Waals surface area contributed by atoms with Gasteiger partial charge in [-0.1, -0.05) is 59.8 Å². The van der Waals surface area contributed by atoms with Gasteiger partial charge in [0, 0.05) is 13.0 Å². The van der Waals surface area contributed by atoms with Crippen LogP contribution < -0.4 is 11.1 Å². The maximum absolute atomic E-state index is 13.1.